The largest absolute Gasteiger partial charge is 0.341 e. The van der Waals surface area contributed by atoms with Crippen molar-refractivity contribution in [3.63, 3.8) is 0 Å². The Morgan fingerprint density at radius 2 is 1.49 bits per heavy atom. The number of urea groups is 1. The van der Waals surface area contributed by atoms with Crippen molar-refractivity contribution in [1.82, 2.24) is 19.6 Å². The van der Waals surface area contributed by atoms with Gasteiger partial charge in [0.25, 0.3) is 0 Å². The molecule has 0 unspecified atom stereocenters. The van der Waals surface area contributed by atoms with E-state index in [1.807, 2.05) is 109 Å². The maximum absolute atomic E-state index is 13.4. The lowest BCUT2D eigenvalue weighted by molar-refractivity contribution is -0.136. The quantitative estimate of drug-likeness (QED) is 0.389. The minimum absolute atomic E-state index is 0.102. The summed E-state index contributed by atoms with van der Waals surface area (Å²) in [7, 11) is 1.85. The van der Waals surface area contributed by atoms with Crippen molar-refractivity contribution in [2.75, 3.05) is 25.5 Å². The molecule has 0 aliphatic carbocycles. The van der Waals surface area contributed by atoms with Gasteiger partial charge in [-0.25, -0.2) is 9.48 Å². The van der Waals surface area contributed by atoms with Crippen LogP contribution in [0.3, 0.4) is 0 Å². The number of anilines is 1. The molecule has 1 aliphatic heterocycles. The van der Waals surface area contributed by atoms with Crippen LogP contribution >= 0.6 is 0 Å². The molecule has 1 fully saturated rings. The van der Waals surface area contributed by atoms with Gasteiger partial charge in [-0.2, -0.15) is 5.10 Å². The van der Waals surface area contributed by atoms with E-state index in [1.165, 1.54) is 0 Å². The van der Waals surface area contributed by atoms with Crippen LogP contribution in [-0.2, 0) is 11.3 Å². The second-order valence-corrected chi connectivity index (χ2v) is 9.40. The lowest BCUT2D eigenvalue weighted by atomic mass is 9.95. The molecule has 1 N–H and O–H groups in total. The molecule has 3 amide bonds. The molecule has 5 rings (SSSR count). The van der Waals surface area contributed by atoms with E-state index in [0.29, 0.717) is 32.5 Å². The molecule has 7 nitrogen and oxygen atoms in total. The summed E-state index contributed by atoms with van der Waals surface area (Å²) in [5.74, 6) is 0.00436. The Balaban J connectivity index is 1.25. The molecule has 0 atom stereocenters. The lowest BCUT2D eigenvalue weighted by Crippen LogP contribution is -2.44. The number of carbonyl (C=O) groups excluding carboxylic acids is 2. The first-order valence-electron chi connectivity index (χ1n) is 12.6. The van der Waals surface area contributed by atoms with Crippen LogP contribution < -0.4 is 5.32 Å². The average molecular weight is 494 g/mol. The number of amides is 3. The zero-order valence-corrected chi connectivity index (χ0v) is 21.0. The zero-order chi connectivity index (χ0) is 25.6. The molecule has 0 spiro atoms. The smallest absolute Gasteiger partial charge is 0.321 e. The molecule has 0 bridgehead atoms. The number of rotatable bonds is 6. The second-order valence-electron chi connectivity index (χ2n) is 9.40. The number of hydrogen-bond acceptors (Lipinski definition) is 3. The molecule has 0 radical (unpaired) electrons. The van der Waals surface area contributed by atoms with Crippen LogP contribution in [0.25, 0.3) is 16.9 Å². The number of aromatic nitrogens is 2. The van der Waals surface area contributed by atoms with Crippen LogP contribution in [0.15, 0.2) is 97.2 Å². The summed E-state index contributed by atoms with van der Waals surface area (Å²) in [6.45, 7) is 1.58. The SMILES string of the molecule is CN(Cc1cn(-c2ccccc2)nc1-c1ccccc1)C(=O)C1CCN(C(=O)Nc2ccccc2)CC1. The van der Waals surface area contributed by atoms with Crippen LogP contribution in [0.4, 0.5) is 10.5 Å². The fourth-order valence-electron chi connectivity index (χ4n) is 4.78. The molecule has 0 saturated carbocycles. The Bertz CT molecular complexity index is 1330. The van der Waals surface area contributed by atoms with Crippen molar-refractivity contribution in [2.45, 2.75) is 19.4 Å². The number of likely N-dealkylation sites (tertiary alicyclic amines) is 1. The molecular formula is C30H31N5O2. The average Bonchev–Trinajstić information content (AvgIpc) is 3.38. The van der Waals surface area contributed by atoms with Crippen molar-refractivity contribution in [1.29, 1.82) is 0 Å². The van der Waals surface area contributed by atoms with Gasteiger partial charge in [0.15, 0.2) is 0 Å². The molecule has 1 aliphatic rings. The summed E-state index contributed by atoms with van der Waals surface area (Å²) < 4.78 is 1.87. The van der Waals surface area contributed by atoms with Gasteiger partial charge in [0.2, 0.25) is 5.91 Å². The Morgan fingerprint density at radius 3 is 2.14 bits per heavy atom. The second kappa shape index (κ2) is 11.1. The highest BCUT2D eigenvalue weighted by atomic mass is 16.2. The Morgan fingerprint density at radius 1 is 0.892 bits per heavy atom. The van der Waals surface area contributed by atoms with E-state index < -0.39 is 0 Å². The first-order chi connectivity index (χ1) is 18.1. The van der Waals surface area contributed by atoms with Gasteiger partial charge in [0.1, 0.15) is 0 Å². The van der Waals surface area contributed by atoms with Gasteiger partial charge in [-0.3, -0.25) is 4.79 Å². The highest BCUT2D eigenvalue weighted by molar-refractivity contribution is 5.89. The van der Waals surface area contributed by atoms with Crippen LogP contribution in [0.1, 0.15) is 18.4 Å². The summed E-state index contributed by atoms with van der Waals surface area (Å²) in [5.41, 5.74) is 4.63. The number of carbonyl (C=O) groups is 2. The maximum Gasteiger partial charge on any atom is 0.321 e. The summed E-state index contributed by atoms with van der Waals surface area (Å²) in [6, 6.07) is 29.4. The van der Waals surface area contributed by atoms with Gasteiger partial charge in [0, 0.05) is 55.6 Å². The Labute approximate surface area is 217 Å². The molecular weight excluding hydrogens is 462 g/mol. The normalized spacial score (nSPS) is 13.8. The van der Waals surface area contributed by atoms with Crippen molar-refractivity contribution in [3.8, 4) is 16.9 Å². The van der Waals surface area contributed by atoms with Gasteiger partial charge < -0.3 is 15.1 Å². The Kier molecular flexibility index (Phi) is 7.31. The number of benzene rings is 3. The molecule has 2 heterocycles. The van der Waals surface area contributed by atoms with Gasteiger partial charge >= 0.3 is 6.03 Å². The number of nitrogens with zero attached hydrogens (tertiary/aromatic N) is 4. The van der Waals surface area contributed by atoms with Gasteiger partial charge in [-0.1, -0.05) is 66.7 Å². The third-order valence-corrected chi connectivity index (χ3v) is 6.80. The lowest BCUT2D eigenvalue weighted by Gasteiger charge is -2.33. The van der Waals surface area contributed by atoms with Crippen LogP contribution in [0.2, 0.25) is 0 Å². The highest BCUT2D eigenvalue weighted by Gasteiger charge is 2.29. The predicted octanol–water partition coefficient (Wildman–Crippen LogP) is 5.44. The van der Waals surface area contributed by atoms with Gasteiger partial charge in [0.05, 0.1) is 11.4 Å². The van der Waals surface area contributed by atoms with Crippen LogP contribution in [0, 0.1) is 5.92 Å². The van der Waals surface area contributed by atoms with Gasteiger partial charge in [-0.05, 0) is 37.1 Å². The minimum atomic E-state index is -0.119. The predicted molar refractivity (Wildman–Crippen MR) is 145 cm³/mol. The zero-order valence-electron chi connectivity index (χ0n) is 21.0. The van der Waals surface area contributed by atoms with Crippen molar-refractivity contribution >= 4 is 17.6 Å². The topological polar surface area (TPSA) is 70.5 Å². The number of para-hydroxylation sites is 2. The first-order valence-corrected chi connectivity index (χ1v) is 12.6. The molecule has 1 saturated heterocycles. The van der Waals surface area contributed by atoms with Crippen molar-refractivity contribution < 1.29 is 9.59 Å². The standard InChI is InChI=1S/C30H31N5O2/c1-33(29(36)24-17-19-34(20-18-24)30(37)31-26-13-7-3-8-14-26)21-25-22-35(27-15-9-4-10-16-27)32-28(25)23-11-5-2-6-12-23/h2-16,22,24H,17-21H2,1H3,(H,31,37). The molecule has 1 aromatic heterocycles. The van der Waals surface area contributed by atoms with E-state index in [0.717, 1.165) is 28.2 Å². The molecule has 7 heteroatoms. The molecule has 4 aromatic rings. The summed E-state index contributed by atoms with van der Waals surface area (Å²) >= 11 is 0. The third kappa shape index (κ3) is 5.72. The van der Waals surface area contributed by atoms with Gasteiger partial charge in [-0.15, -0.1) is 0 Å². The summed E-state index contributed by atoms with van der Waals surface area (Å²) in [5, 5.41) is 7.80. The van der Waals surface area contributed by atoms with E-state index >= 15 is 0 Å². The van der Waals surface area contributed by atoms with Crippen LogP contribution in [0.5, 0.6) is 0 Å². The summed E-state index contributed by atoms with van der Waals surface area (Å²) in [4.78, 5) is 29.6. The van der Waals surface area contributed by atoms with Crippen molar-refractivity contribution in [2.24, 2.45) is 5.92 Å². The van der Waals surface area contributed by atoms with E-state index in [1.54, 1.807) is 9.80 Å². The maximum atomic E-state index is 13.4. The van der Waals surface area contributed by atoms with E-state index in [-0.39, 0.29) is 17.9 Å². The summed E-state index contributed by atoms with van der Waals surface area (Å²) in [6.07, 6.45) is 3.32. The highest BCUT2D eigenvalue weighted by Crippen LogP contribution is 2.26. The minimum Gasteiger partial charge on any atom is -0.341 e. The Hall–Kier alpha value is -4.39. The first kappa shape index (κ1) is 24.3. The van der Waals surface area contributed by atoms with E-state index in [4.69, 9.17) is 5.10 Å². The molecule has 188 valence electrons. The third-order valence-electron chi connectivity index (χ3n) is 6.80. The van der Waals surface area contributed by atoms with Crippen LogP contribution in [-0.4, -0.2) is 51.7 Å². The number of hydrogen-bond donors (Lipinski definition) is 1. The van der Waals surface area contributed by atoms with E-state index in [9.17, 15) is 9.59 Å². The number of nitrogens with one attached hydrogen (secondary N) is 1. The fourth-order valence-corrected chi connectivity index (χ4v) is 4.78. The fraction of sp³-hybridized carbons (Fsp3) is 0.233. The van der Waals surface area contributed by atoms with Crippen molar-refractivity contribution in [3.05, 3.63) is 103 Å². The molecule has 37 heavy (non-hydrogen) atoms. The number of piperidine rings is 1. The molecule has 3 aromatic carbocycles. The van der Waals surface area contributed by atoms with E-state index in [2.05, 4.69) is 5.32 Å². The monoisotopic (exact) mass is 493 g/mol.